The van der Waals surface area contributed by atoms with Crippen LogP contribution in [0.1, 0.15) is 13.3 Å². The predicted octanol–water partition coefficient (Wildman–Crippen LogP) is 0.891. The summed E-state index contributed by atoms with van der Waals surface area (Å²) < 4.78 is 4.96. The highest BCUT2D eigenvalue weighted by molar-refractivity contribution is 5.44. The van der Waals surface area contributed by atoms with E-state index >= 15 is 0 Å². The third-order valence-corrected chi connectivity index (χ3v) is 1.86. The first-order valence-electron chi connectivity index (χ1n) is 4.60. The Hall–Kier alpha value is -1.96. The van der Waals surface area contributed by atoms with Gasteiger partial charge in [0.2, 0.25) is 11.8 Å². The van der Waals surface area contributed by atoms with Gasteiger partial charge in [-0.25, -0.2) is 0 Å². The number of hydrogen-bond donors (Lipinski definition) is 2. The number of nitrogens with zero attached hydrogens (tertiary/aromatic N) is 2. The monoisotopic (exact) mass is 206 g/mol. The van der Waals surface area contributed by atoms with Crippen LogP contribution in [0, 0.1) is 12.3 Å². The molecule has 3 N–H and O–H groups in total. The van der Waals surface area contributed by atoms with E-state index in [2.05, 4.69) is 21.2 Å². The molecule has 0 spiro atoms. The maximum Gasteiger partial charge on any atom is 0.225 e. The Bertz CT molecular complexity index is 372. The van der Waals surface area contributed by atoms with Crippen LogP contribution >= 0.6 is 0 Å². The maximum atomic E-state index is 5.50. The number of nitrogen functional groups attached to an aromatic ring is 1. The Kier molecular flexibility index (Phi) is 3.75. The third kappa shape index (κ3) is 3.02. The molecule has 0 fully saturated rings. The van der Waals surface area contributed by atoms with Gasteiger partial charge in [-0.1, -0.05) is 12.8 Å². The largest absolute Gasteiger partial charge is 0.481 e. The molecule has 80 valence electrons. The average Bonchev–Trinajstić information content (AvgIpc) is 2.25. The van der Waals surface area contributed by atoms with Gasteiger partial charge in [-0.15, -0.1) is 6.42 Å². The number of aromatic nitrogens is 2. The Morgan fingerprint density at radius 3 is 2.93 bits per heavy atom. The molecule has 0 aliphatic carbocycles. The van der Waals surface area contributed by atoms with E-state index in [1.165, 1.54) is 7.11 Å². The van der Waals surface area contributed by atoms with E-state index in [-0.39, 0.29) is 12.0 Å². The van der Waals surface area contributed by atoms with E-state index in [0.717, 1.165) is 6.42 Å². The Morgan fingerprint density at radius 1 is 1.67 bits per heavy atom. The molecule has 0 saturated heterocycles. The molecule has 0 aromatic carbocycles. The van der Waals surface area contributed by atoms with Crippen molar-refractivity contribution in [2.45, 2.75) is 19.4 Å². The van der Waals surface area contributed by atoms with E-state index in [1.54, 1.807) is 6.07 Å². The van der Waals surface area contributed by atoms with Gasteiger partial charge in [0.05, 0.1) is 13.2 Å². The summed E-state index contributed by atoms with van der Waals surface area (Å²) in [5.74, 6) is 3.75. The Morgan fingerprint density at radius 2 is 2.40 bits per heavy atom. The first kappa shape index (κ1) is 11.1. The summed E-state index contributed by atoms with van der Waals surface area (Å²) in [5.41, 5.74) is 5.50. The molecular weight excluding hydrogens is 192 g/mol. The van der Waals surface area contributed by atoms with Gasteiger partial charge in [0.15, 0.2) is 0 Å². The number of nitrogens with two attached hydrogens (primary N) is 1. The van der Waals surface area contributed by atoms with Crippen molar-refractivity contribution >= 4 is 11.8 Å². The molecule has 0 radical (unpaired) electrons. The Labute approximate surface area is 89.1 Å². The van der Waals surface area contributed by atoms with Crippen LogP contribution in [0.5, 0.6) is 5.88 Å². The first-order chi connectivity index (χ1) is 7.19. The topological polar surface area (TPSA) is 73.1 Å². The van der Waals surface area contributed by atoms with Gasteiger partial charge in [-0.05, 0) is 6.42 Å². The van der Waals surface area contributed by atoms with Crippen LogP contribution < -0.4 is 15.8 Å². The minimum Gasteiger partial charge on any atom is -0.481 e. The second-order valence-electron chi connectivity index (χ2n) is 2.93. The molecule has 0 aliphatic heterocycles. The van der Waals surface area contributed by atoms with Gasteiger partial charge >= 0.3 is 0 Å². The van der Waals surface area contributed by atoms with Crippen LogP contribution in [-0.4, -0.2) is 23.1 Å². The highest BCUT2D eigenvalue weighted by Crippen LogP contribution is 2.15. The van der Waals surface area contributed by atoms with Crippen molar-refractivity contribution in [1.82, 2.24) is 9.97 Å². The van der Waals surface area contributed by atoms with Gasteiger partial charge in [0, 0.05) is 6.07 Å². The number of ether oxygens (including phenoxy) is 1. The lowest BCUT2D eigenvalue weighted by Gasteiger charge is -2.12. The fourth-order valence-corrected chi connectivity index (χ4v) is 1.06. The fraction of sp³-hybridized carbons (Fsp3) is 0.400. The van der Waals surface area contributed by atoms with Crippen LogP contribution in [0.2, 0.25) is 0 Å². The number of anilines is 2. The van der Waals surface area contributed by atoms with Crippen molar-refractivity contribution < 1.29 is 4.74 Å². The van der Waals surface area contributed by atoms with Crippen LogP contribution in [0.15, 0.2) is 6.07 Å². The van der Waals surface area contributed by atoms with Gasteiger partial charge in [-0.3, -0.25) is 0 Å². The molecule has 0 saturated carbocycles. The second-order valence-corrected chi connectivity index (χ2v) is 2.93. The minimum atomic E-state index is -0.0657. The molecule has 1 heterocycles. The zero-order valence-electron chi connectivity index (χ0n) is 8.82. The lowest BCUT2D eigenvalue weighted by atomic mass is 10.2. The van der Waals surface area contributed by atoms with Crippen molar-refractivity contribution in [2.75, 3.05) is 18.2 Å². The van der Waals surface area contributed by atoms with Gasteiger partial charge in [0.1, 0.15) is 5.82 Å². The van der Waals surface area contributed by atoms with E-state index < -0.39 is 0 Å². The predicted molar refractivity (Wildman–Crippen MR) is 59.5 cm³/mol. The molecule has 1 aromatic heterocycles. The molecular formula is C10H14N4O. The van der Waals surface area contributed by atoms with Crippen LogP contribution in [-0.2, 0) is 0 Å². The Balaban J connectivity index is 2.85. The summed E-state index contributed by atoms with van der Waals surface area (Å²) in [4.78, 5) is 7.86. The quantitative estimate of drug-likeness (QED) is 0.716. The summed E-state index contributed by atoms with van der Waals surface area (Å²) in [6.45, 7) is 1.99. The smallest absolute Gasteiger partial charge is 0.225 e. The van der Waals surface area contributed by atoms with Crippen LogP contribution in [0.3, 0.4) is 0 Å². The first-order valence-corrected chi connectivity index (χ1v) is 4.60. The van der Waals surface area contributed by atoms with Crippen molar-refractivity contribution in [3.8, 4) is 18.2 Å². The molecule has 15 heavy (non-hydrogen) atoms. The number of methoxy groups -OCH3 is 1. The van der Waals surface area contributed by atoms with Crippen LogP contribution in [0.25, 0.3) is 0 Å². The molecule has 5 nitrogen and oxygen atoms in total. The SMILES string of the molecule is C#CC(CC)Nc1cc(OC)nc(N)n1. The zero-order chi connectivity index (χ0) is 11.3. The summed E-state index contributed by atoms with van der Waals surface area (Å²) >= 11 is 0. The third-order valence-electron chi connectivity index (χ3n) is 1.86. The summed E-state index contributed by atoms with van der Waals surface area (Å²) in [6.07, 6.45) is 6.13. The highest BCUT2D eigenvalue weighted by atomic mass is 16.5. The molecule has 1 rings (SSSR count). The minimum absolute atomic E-state index is 0.0657. The number of nitrogens with one attached hydrogen (secondary N) is 1. The number of rotatable bonds is 4. The lowest BCUT2D eigenvalue weighted by Crippen LogP contribution is -2.17. The second kappa shape index (κ2) is 5.05. The van der Waals surface area contributed by atoms with Gasteiger partial charge in [-0.2, -0.15) is 9.97 Å². The van der Waals surface area contributed by atoms with E-state index in [1.807, 2.05) is 6.92 Å². The normalized spacial score (nSPS) is 11.5. The van der Waals surface area contributed by atoms with Gasteiger partial charge in [0.25, 0.3) is 0 Å². The molecule has 1 atom stereocenters. The van der Waals surface area contributed by atoms with Gasteiger partial charge < -0.3 is 15.8 Å². The maximum absolute atomic E-state index is 5.50. The highest BCUT2D eigenvalue weighted by Gasteiger charge is 2.06. The summed E-state index contributed by atoms with van der Waals surface area (Å²) in [6, 6.07) is 1.58. The number of terminal acetylenes is 1. The van der Waals surface area contributed by atoms with E-state index in [0.29, 0.717) is 11.7 Å². The van der Waals surface area contributed by atoms with E-state index in [4.69, 9.17) is 16.9 Å². The van der Waals surface area contributed by atoms with Crippen molar-refractivity contribution in [2.24, 2.45) is 0 Å². The summed E-state index contributed by atoms with van der Waals surface area (Å²) in [5, 5.41) is 3.05. The molecule has 0 aliphatic rings. The van der Waals surface area contributed by atoms with Crippen molar-refractivity contribution in [3.05, 3.63) is 6.07 Å². The molecule has 0 bridgehead atoms. The van der Waals surface area contributed by atoms with Crippen LogP contribution in [0.4, 0.5) is 11.8 Å². The zero-order valence-corrected chi connectivity index (χ0v) is 8.82. The van der Waals surface area contributed by atoms with Crippen molar-refractivity contribution in [1.29, 1.82) is 0 Å². The molecule has 0 amide bonds. The molecule has 1 unspecified atom stereocenters. The molecule has 1 aromatic rings. The van der Waals surface area contributed by atoms with Crippen molar-refractivity contribution in [3.63, 3.8) is 0 Å². The van der Waals surface area contributed by atoms with E-state index in [9.17, 15) is 0 Å². The average molecular weight is 206 g/mol. The summed E-state index contributed by atoms with van der Waals surface area (Å²) in [7, 11) is 1.52. The lowest BCUT2D eigenvalue weighted by molar-refractivity contribution is 0.398. The number of hydrogen-bond acceptors (Lipinski definition) is 5. The fourth-order valence-electron chi connectivity index (χ4n) is 1.06. The standard InChI is InChI=1S/C10H14N4O/c1-4-7(5-2)12-8-6-9(15-3)14-10(11)13-8/h1,6-7H,5H2,2-3H3,(H3,11,12,13,14). The molecule has 5 heteroatoms.